The lowest BCUT2D eigenvalue weighted by atomic mass is 10.0. The quantitative estimate of drug-likeness (QED) is 0.803. The predicted molar refractivity (Wildman–Crippen MR) is 58.1 cm³/mol. The largest absolute Gasteiger partial charge is 0.326 e. The van der Waals surface area contributed by atoms with Crippen LogP contribution in [-0.4, -0.2) is 14.8 Å². The van der Waals surface area contributed by atoms with Crippen molar-refractivity contribution in [2.45, 2.75) is 13.0 Å². The van der Waals surface area contributed by atoms with Crippen molar-refractivity contribution in [2.75, 3.05) is 0 Å². The predicted octanol–water partition coefficient (Wildman–Crippen LogP) is 0.865. The van der Waals surface area contributed by atoms with Crippen LogP contribution in [0.25, 0.3) is 0 Å². The fraction of sp³-hybridized carbons (Fsp3) is 0.273. The molecule has 2 aromatic rings. The minimum atomic E-state index is 0.564. The van der Waals surface area contributed by atoms with Crippen molar-refractivity contribution >= 4 is 0 Å². The van der Waals surface area contributed by atoms with Crippen LogP contribution in [0, 0.1) is 0 Å². The van der Waals surface area contributed by atoms with Gasteiger partial charge in [0, 0.05) is 20.0 Å². The highest BCUT2D eigenvalue weighted by atomic mass is 15.2. The normalized spacial score (nSPS) is 10.5. The van der Waals surface area contributed by atoms with Gasteiger partial charge in [0.1, 0.15) is 12.2 Å². The molecule has 2 rings (SSSR count). The van der Waals surface area contributed by atoms with E-state index in [4.69, 9.17) is 5.73 Å². The smallest absolute Gasteiger partial charge is 0.136 e. The van der Waals surface area contributed by atoms with Crippen LogP contribution < -0.4 is 5.73 Å². The van der Waals surface area contributed by atoms with E-state index < -0.39 is 0 Å². The van der Waals surface area contributed by atoms with E-state index in [1.54, 1.807) is 6.33 Å². The number of nitrogens with two attached hydrogens (primary N) is 1. The van der Waals surface area contributed by atoms with Gasteiger partial charge in [-0.25, -0.2) is 0 Å². The van der Waals surface area contributed by atoms with E-state index in [0.29, 0.717) is 6.54 Å². The van der Waals surface area contributed by atoms with E-state index in [0.717, 1.165) is 12.2 Å². The van der Waals surface area contributed by atoms with Gasteiger partial charge in [-0.1, -0.05) is 24.3 Å². The molecule has 0 aliphatic heterocycles. The van der Waals surface area contributed by atoms with E-state index in [1.807, 2.05) is 29.8 Å². The van der Waals surface area contributed by atoms with Gasteiger partial charge < -0.3 is 10.3 Å². The number of nitrogens with zero attached hydrogens (tertiary/aromatic N) is 3. The van der Waals surface area contributed by atoms with E-state index in [1.165, 1.54) is 11.1 Å². The summed E-state index contributed by atoms with van der Waals surface area (Å²) in [5.74, 6) is 0.955. The molecular formula is C11H14N4. The Balaban J connectivity index is 2.28. The van der Waals surface area contributed by atoms with Gasteiger partial charge in [-0.3, -0.25) is 0 Å². The third kappa shape index (κ3) is 2.05. The Morgan fingerprint density at radius 1 is 1.27 bits per heavy atom. The Morgan fingerprint density at radius 2 is 2.00 bits per heavy atom. The van der Waals surface area contributed by atoms with Crippen molar-refractivity contribution in [3.05, 3.63) is 47.5 Å². The topological polar surface area (TPSA) is 56.7 Å². The molecule has 1 heterocycles. The highest BCUT2D eigenvalue weighted by Crippen LogP contribution is 2.11. The van der Waals surface area contributed by atoms with Crippen molar-refractivity contribution in [1.29, 1.82) is 0 Å². The molecule has 4 heteroatoms. The van der Waals surface area contributed by atoms with Crippen LogP contribution in [0.3, 0.4) is 0 Å². The number of hydrogen-bond donors (Lipinski definition) is 1. The number of aryl methyl sites for hydroxylation is 1. The Labute approximate surface area is 88.8 Å². The first kappa shape index (κ1) is 9.86. The van der Waals surface area contributed by atoms with Crippen molar-refractivity contribution in [1.82, 2.24) is 14.8 Å². The van der Waals surface area contributed by atoms with Crippen molar-refractivity contribution in [3.8, 4) is 0 Å². The summed E-state index contributed by atoms with van der Waals surface area (Å²) in [5, 5.41) is 7.91. The fourth-order valence-electron chi connectivity index (χ4n) is 1.57. The highest BCUT2D eigenvalue weighted by molar-refractivity contribution is 5.29. The van der Waals surface area contributed by atoms with Crippen molar-refractivity contribution in [3.63, 3.8) is 0 Å². The summed E-state index contributed by atoms with van der Waals surface area (Å²) in [4.78, 5) is 0. The first-order valence-corrected chi connectivity index (χ1v) is 4.91. The lowest BCUT2D eigenvalue weighted by Gasteiger charge is -2.06. The number of aromatic nitrogens is 3. The van der Waals surface area contributed by atoms with Gasteiger partial charge in [0.15, 0.2) is 0 Å². The number of benzene rings is 1. The second-order valence-electron chi connectivity index (χ2n) is 3.51. The third-order valence-electron chi connectivity index (χ3n) is 2.49. The lowest BCUT2D eigenvalue weighted by Crippen LogP contribution is -2.04. The van der Waals surface area contributed by atoms with Gasteiger partial charge in [0.05, 0.1) is 0 Å². The molecule has 0 amide bonds. The Bertz CT molecular complexity index is 447. The zero-order chi connectivity index (χ0) is 10.7. The molecule has 0 saturated carbocycles. The summed E-state index contributed by atoms with van der Waals surface area (Å²) >= 11 is 0. The Hall–Kier alpha value is -1.68. The summed E-state index contributed by atoms with van der Waals surface area (Å²) < 4.78 is 1.92. The first-order chi connectivity index (χ1) is 7.31. The van der Waals surface area contributed by atoms with Crippen LogP contribution >= 0.6 is 0 Å². The van der Waals surface area contributed by atoms with Gasteiger partial charge in [0.2, 0.25) is 0 Å². The van der Waals surface area contributed by atoms with E-state index in [9.17, 15) is 0 Å². The molecule has 0 spiro atoms. The molecule has 1 aromatic heterocycles. The van der Waals surface area contributed by atoms with E-state index >= 15 is 0 Å². The van der Waals surface area contributed by atoms with Crippen molar-refractivity contribution < 1.29 is 0 Å². The first-order valence-electron chi connectivity index (χ1n) is 4.91. The molecule has 15 heavy (non-hydrogen) atoms. The summed E-state index contributed by atoms with van der Waals surface area (Å²) in [6.45, 7) is 0.564. The molecular weight excluding hydrogens is 188 g/mol. The summed E-state index contributed by atoms with van der Waals surface area (Å²) in [7, 11) is 1.94. The Morgan fingerprint density at radius 3 is 2.60 bits per heavy atom. The maximum Gasteiger partial charge on any atom is 0.136 e. The van der Waals surface area contributed by atoms with E-state index in [-0.39, 0.29) is 0 Å². The molecule has 0 fully saturated rings. The monoisotopic (exact) mass is 202 g/mol. The maximum absolute atomic E-state index is 5.67. The molecule has 0 bridgehead atoms. The second kappa shape index (κ2) is 4.23. The van der Waals surface area contributed by atoms with Gasteiger partial charge in [-0.15, -0.1) is 10.2 Å². The van der Waals surface area contributed by atoms with Crippen LogP contribution in [0.5, 0.6) is 0 Å². The van der Waals surface area contributed by atoms with Gasteiger partial charge in [-0.2, -0.15) is 0 Å². The molecule has 1 aromatic carbocycles. The second-order valence-corrected chi connectivity index (χ2v) is 3.51. The van der Waals surface area contributed by atoms with Gasteiger partial charge in [0.25, 0.3) is 0 Å². The van der Waals surface area contributed by atoms with Crippen LogP contribution in [-0.2, 0) is 20.0 Å². The molecule has 0 saturated heterocycles. The molecule has 2 N–H and O–H groups in total. The van der Waals surface area contributed by atoms with Crippen LogP contribution in [0.2, 0.25) is 0 Å². The average Bonchev–Trinajstić information content (AvgIpc) is 2.65. The summed E-state index contributed by atoms with van der Waals surface area (Å²) in [5.41, 5.74) is 8.06. The molecule has 78 valence electrons. The van der Waals surface area contributed by atoms with Crippen LogP contribution in [0.15, 0.2) is 30.6 Å². The average molecular weight is 202 g/mol. The highest BCUT2D eigenvalue weighted by Gasteiger charge is 2.05. The molecule has 0 radical (unpaired) electrons. The molecule has 0 atom stereocenters. The molecule has 0 aliphatic rings. The molecule has 4 nitrogen and oxygen atoms in total. The molecule has 0 unspecified atom stereocenters. The minimum absolute atomic E-state index is 0.564. The maximum atomic E-state index is 5.67. The van der Waals surface area contributed by atoms with Crippen LogP contribution in [0.4, 0.5) is 0 Å². The summed E-state index contributed by atoms with van der Waals surface area (Å²) in [6.07, 6.45) is 2.49. The number of hydrogen-bond acceptors (Lipinski definition) is 3. The third-order valence-corrected chi connectivity index (χ3v) is 2.49. The Kier molecular flexibility index (Phi) is 2.78. The van der Waals surface area contributed by atoms with Gasteiger partial charge >= 0.3 is 0 Å². The number of rotatable bonds is 3. The SMILES string of the molecule is Cn1cnnc1Cc1ccccc1CN. The minimum Gasteiger partial charge on any atom is -0.326 e. The van der Waals surface area contributed by atoms with Crippen molar-refractivity contribution in [2.24, 2.45) is 12.8 Å². The molecule has 0 aliphatic carbocycles. The lowest BCUT2D eigenvalue weighted by molar-refractivity contribution is 0.815. The zero-order valence-electron chi connectivity index (χ0n) is 8.72. The standard InChI is InChI=1S/C11H14N4/c1-15-8-13-14-11(15)6-9-4-2-3-5-10(9)7-12/h2-5,8H,6-7,12H2,1H3. The summed E-state index contributed by atoms with van der Waals surface area (Å²) in [6, 6.07) is 8.15. The fourth-order valence-corrected chi connectivity index (χ4v) is 1.57. The van der Waals surface area contributed by atoms with E-state index in [2.05, 4.69) is 16.3 Å². The van der Waals surface area contributed by atoms with Crippen LogP contribution in [0.1, 0.15) is 17.0 Å². The zero-order valence-corrected chi connectivity index (χ0v) is 8.72. The van der Waals surface area contributed by atoms with Gasteiger partial charge in [-0.05, 0) is 11.1 Å².